The van der Waals surface area contributed by atoms with Crippen molar-refractivity contribution in [3.8, 4) is 29.6 Å². The van der Waals surface area contributed by atoms with Gasteiger partial charge >= 0.3 is 6.01 Å². The molecule has 1 fully saturated rings. The maximum Gasteiger partial charge on any atom is 0.318 e. The van der Waals surface area contributed by atoms with Gasteiger partial charge in [-0.15, -0.1) is 15.7 Å². The zero-order chi connectivity index (χ0) is 44.1. The highest BCUT2D eigenvalue weighted by molar-refractivity contribution is 7.28. The smallest absolute Gasteiger partial charge is 0.318 e. The molecule has 0 spiro atoms. The standard InChI is InChI=1S/C53H74FN4O2P/c1-10-16-40(24-22-39(13-4)23-25-41(34-59)17-11-2)28-29-53(9,30-36(6)12-3)35-60-52-56-49-45(51(57-52)58-32-37(7)20-21-38(8)33-58)31-55-48(50(49)61)44-19-15-18-42-26-27-46(54)43(14-5)47(42)44/h5,15,18-19,26-27,31,34,37-41H,6,10-13,16-17,20-25,28-30,32-33,35,61H2,1-4,7-9H3. The molecule has 0 bridgehead atoms. The quantitative estimate of drug-likeness (QED) is 0.0321. The van der Waals surface area contributed by atoms with Crippen molar-refractivity contribution < 1.29 is 13.9 Å². The maximum atomic E-state index is 15.1. The lowest BCUT2D eigenvalue weighted by molar-refractivity contribution is -0.111. The van der Waals surface area contributed by atoms with E-state index < -0.39 is 5.82 Å². The van der Waals surface area contributed by atoms with Gasteiger partial charge in [0.2, 0.25) is 0 Å². The summed E-state index contributed by atoms with van der Waals surface area (Å²) in [4.78, 5) is 29.5. The van der Waals surface area contributed by atoms with Crippen LogP contribution in [-0.4, -0.2) is 40.9 Å². The predicted molar refractivity (Wildman–Crippen MR) is 259 cm³/mol. The van der Waals surface area contributed by atoms with E-state index in [0.717, 1.165) is 97.4 Å². The molecular weight excluding hydrogens is 775 g/mol. The Bertz CT molecular complexity index is 2120. The Kier molecular flexibility index (Phi) is 18.1. The van der Waals surface area contributed by atoms with Crippen LogP contribution in [0.15, 0.2) is 48.7 Å². The van der Waals surface area contributed by atoms with Crippen LogP contribution in [0.4, 0.5) is 10.2 Å². The van der Waals surface area contributed by atoms with E-state index in [-0.39, 0.29) is 16.9 Å². The van der Waals surface area contributed by atoms with Crippen LogP contribution in [0.3, 0.4) is 0 Å². The van der Waals surface area contributed by atoms with Crippen molar-refractivity contribution in [3.05, 3.63) is 60.1 Å². The van der Waals surface area contributed by atoms with Crippen LogP contribution in [0.5, 0.6) is 6.01 Å². The number of carbonyl (C=O) groups excluding carboxylic acids is 1. The summed E-state index contributed by atoms with van der Waals surface area (Å²) < 4.78 is 22.0. The molecule has 0 radical (unpaired) electrons. The Morgan fingerprint density at radius 1 is 1.00 bits per heavy atom. The van der Waals surface area contributed by atoms with Gasteiger partial charge < -0.3 is 14.4 Å². The minimum atomic E-state index is -0.426. The molecule has 1 aliphatic heterocycles. The summed E-state index contributed by atoms with van der Waals surface area (Å²) in [7, 11) is 2.89. The summed E-state index contributed by atoms with van der Waals surface area (Å²) in [6, 6.07) is 9.43. The van der Waals surface area contributed by atoms with Crippen molar-refractivity contribution >= 4 is 48.3 Å². The van der Waals surface area contributed by atoms with Gasteiger partial charge in [0.1, 0.15) is 17.9 Å². The summed E-state index contributed by atoms with van der Waals surface area (Å²) in [5.74, 6) is 5.56. The number of pyridine rings is 1. The number of hydrogen-bond acceptors (Lipinski definition) is 6. The molecule has 1 aliphatic rings. The van der Waals surface area contributed by atoms with Crippen LogP contribution in [0, 0.1) is 53.2 Å². The van der Waals surface area contributed by atoms with Crippen LogP contribution in [0.25, 0.3) is 32.9 Å². The average Bonchev–Trinajstić information content (AvgIpc) is 3.43. The third-order valence-electron chi connectivity index (χ3n) is 13.6. The second-order valence-electron chi connectivity index (χ2n) is 19.0. The van der Waals surface area contributed by atoms with Crippen LogP contribution in [-0.2, 0) is 4.79 Å². The zero-order valence-corrected chi connectivity index (χ0v) is 39.7. The van der Waals surface area contributed by atoms with Crippen LogP contribution < -0.4 is 14.9 Å². The molecule has 0 amide bonds. The summed E-state index contributed by atoms with van der Waals surface area (Å²) in [6.07, 6.45) is 25.5. The molecule has 8 heteroatoms. The average molecular weight is 849 g/mol. The van der Waals surface area contributed by atoms with E-state index in [0.29, 0.717) is 47.4 Å². The number of nitrogens with zero attached hydrogens (tertiary/aromatic N) is 4. The van der Waals surface area contributed by atoms with Crippen molar-refractivity contribution in [1.29, 1.82) is 0 Å². The Morgan fingerprint density at radius 2 is 1.70 bits per heavy atom. The molecule has 61 heavy (non-hydrogen) atoms. The first kappa shape index (κ1) is 48.2. The molecular formula is C53H74FN4O2P. The molecule has 0 aliphatic carbocycles. The zero-order valence-electron chi connectivity index (χ0n) is 38.5. The van der Waals surface area contributed by atoms with Crippen molar-refractivity contribution in [2.75, 3.05) is 24.6 Å². The first-order chi connectivity index (χ1) is 29.4. The molecule has 2 aromatic carbocycles. The fourth-order valence-electron chi connectivity index (χ4n) is 9.73. The number of benzene rings is 2. The number of allylic oxidation sites excluding steroid dienone is 1. The number of rotatable bonds is 23. The van der Waals surface area contributed by atoms with Gasteiger partial charge in [0.25, 0.3) is 0 Å². The van der Waals surface area contributed by atoms with E-state index in [1.807, 2.05) is 24.4 Å². The maximum absolute atomic E-state index is 15.1. The van der Waals surface area contributed by atoms with Gasteiger partial charge in [-0.1, -0.05) is 129 Å². The Hall–Kier alpha value is -3.88. The summed E-state index contributed by atoms with van der Waals surface area (Å²) >= 11 is 0. The van der Waals surface area contributed by atoms with Crippen molar-refractivity contribution in [2.24, 2.45) is 35.0 Å². The van der Waals surface area contributed by atoms with Gasteiger partial charge in [-0.2, -0.15) is 9.97 Å². The molecule has 5 rings (SSSR count). The molecule has 2 aromatic heterocycles. The van der Waals surface area contributed by atoms with E-state index in [2.05, 4.69) is 75.1 Å². The number of aldehydes is 1. The lowest BCUT2D eigenvalue weighted by atomic mass is 9.76. The second kappa shape index (κ2) is 23.0. The predicted octanol–water partition coefficient (Wildman–Crippen LogP) is 13.5. The number of aromatic nitrogens is 3. The molecule has 4 aromatic rings. The lowest BCUT2D eigenvalue weighted by Gasteiger charge is -2.32. The number of fused-ring (bicyclic) bond motifs is 2. The number of ether oxygens (including phenoxy) is 1. The molecule has 7 unspecified atom stereocenters. The normalized spacial score (nSPS) is 18.3. The highest BCUT2D eigenvalue weighted by Gasteiger charge is 2.30. The van der Waals surface area contributed by atoms with E-state index in [1.54, 1.807) is 6.07 Å². The Balaban J connectivity index is 1.48. The number of anilines is 1. The first-order valence-electron chi connectivity index (χ1n) is 23.5. The number of halogens is 1. The summed E-state index contributed by atoms with van der Waals surface area (Å²) in [5, 5.41) is 3.18. The first-order valence-corrected chi connectivity index (χ1v) is 24.1. The van der Waals surface area contributed by atoms with Crippen molar-refractivity contribution in [1.82, 2.24) is 15.0 Å². The summed E-state index contributed by atoms with van der Waals surface area (Å²) in [6.45, 7) is 22.7. The fraction of sp³-hybridized carbons (Fsp3) is 0.585. The Morgan fingerprint density at radius 3 is 2.36 bits per heavy atom. The number of carbonyl (C=O) groups is 1. The van der Waals surface area contributed by atoms with Crippen LogP contribution in [0.1, 0.15) is 150 Å². The Labute approximate surface area is 369 Å². The van der Waals surface area contributed by atoms with Crippen LogP contribution >= 0.6 is 9.24 Å². The van der Waals surface area contributed by atoms with Gasteiger partial charge in [0.05, 0.1) is 28.8 Å². The van der Waals surface area contributed by atoms with E-state index in [4.69, 9.17) is 26.1 Å². The minimum absolute atomic E-state index is 0.156. The van der Waals surface area contributed by atoms with E-state index in [9.17, 15) is 4.79 Å². The van der Waals surface area contributed by atoms with Gasteiger partial charge in [-0.3, -0.25) is 4.98 Å². The van der Waals surface area contributed by atoms with Gasteiger partial charge in [-0.05, 0) is 92.9 Å². The van der Waals surface area contributed by atoms with Gasteiger partial charge in [0, 0.05) is 46.9 Å². The van der Waals surface area contributed by atoms with Crippen molar-refractivity contribution in [3.63, 3.8) is 0 Å². The molecule has 6 nitrogen and oxygen atoms in total. The second-order valence-corrected chi connectivity index (χ2v) is 19.5. The highest BCUT2D eigenvalue weighted by atomic mass is 31.0. The number of terminal acetylenes is 1. The third kappa shape index (κ3) is 12.6. The summed E-state index contributed by atoms with van der Waals surface area (Å²) in [5.41, 5.74) is 3.49. The van der Waals surface area contributed by atoms with Crippen molar-refractivity contribution in [2.45, 2.75) is 145 Å². The molecule has 3 heterocycles. The largest absolute Gasteiger partial charge is 0.463 e. The molecule has 1 saturated heterocycles. The monoisotopic (exact) mass is 849 g/mol. The molecule has 0 N–H and O–H groups in total. The topological polar surface area (TPSA) is 68.2 Å². The van der Waals surface area contributed by atoms with E-state index >= 15 is 4.39 Å². The van der Waals surface area contributed by atoms with Crippen LogP contribution in [0.2, 0.25) is 0 Å². The lowest BCUT2D eigenvalue weighted by Crippen LogP contribution is -2.31. The van der Waals surface area contributed by atoms with E-state index in [1.165, 1.54) is 62.9 Å². The highest BCUT2D eigenvalue weighted by Crippen LogP contribution is 2.39. The van der Waals surface area contributed by atoms with Gasteiger partial charge in [-0.25, -0.2) is 4.39 Å². The minimum Gasteiger partial charge on any atom is -0.463 e. The molecule has 7 atom stereocenters. The third-order valence-corrected chi connectivity index (χ3v) is 14.1. The molecule has 330 valence electrons. The van der Waals surface area contributed by atoms with Gasteiger partial charge in [0.15, 0.2) is 0 Å². The fourth-order valence-corrected chi connectivity index (χ4v) is 10.2. The number of hydrogen-bond donors (Lipinski definition) is 0. The molecule has 0 saturated carbocycles. The SMILES string of the molecule is C#Cc1c(F)ccc2cccc(-c3ncc4c(N5CC(C)CCC(C)C5)nc(OCC(C)(CCC(CCC)CCC(CC)CCC(C=O)CCC)CC(=C)CC)nc4c3P)c12.